The van der Waals surface area contributed by atoms with Gasteiger partial charge in [-0.05, 0) is 42.7 Å². The molecule has 0 aliphatic heterocycles. The third kappa shape index (κ3) is 5.95. The van der Waals surface area contributed by atoms with E-state index in [0.717, 1.165) is 23.6 Å². The normalized spacial score (nSPS) is 11.3. The minimum Gasteiger partial charge on any atom is -0.497 e. The zero-order valence-electron chi connectivity index (χ0n) is 17.3. The first-order valence-electron chi connectivity index (χ1n) is 9.39. The van der Waals surface area contributed by atoms with Gasteiger partial charge in [0.1, 0.15) is 16.4 Å². The molecule has 7 nitrogen and oxygen atoms in total. The van der Waals surface area contributed by atoms with Crippen LogP contribution in [0, 0.1) is 0 Å². The Morgan fingerprint density at radius 1 is 1.07 bits per heavy atom. The molecule has 0 radical (unpaired) electrons. The van der Waals surface area contributed by atoms with Crippen molar-refractivity contribution in [1.29, 1.82) is 0 Å². The van der Waals surface area contributed by atoms with Crippen LogP contribution in [-0.2, 0) is 21.2 Å². The average molecular weight is 421 g/mol. The number of amides is 1. The van der Waals surface area contributed by atoms with Crippen LogP contribution in [0.5, 0.6) is 11.5 Å². The van der Waals surface area contributed by atoms with Gasteiger partial charge >= 0.3 is 0 Å². The van der Waals surface area contributed by atoms with Crippen LogP contribution in [0.4, 0.5) is 5.69 Å². The zero-order valence-corrected chi connectivity index (χ0v) is 18.1. The summed E-state index contributed by atoms with van der Waals surface area (Å²) >= 11 is 0. The number of carbonyl (C=O) groups excluding carboxylic acids is 1. The highest BCUT2D eigenvalue weighted by Gasteiger charge is 2.27. The number of carbonyl (C=O) groups is 1. The van der Waals surface area contributed by atoms with Crippen molar-refractivity contribution in [2.24, 2.45) is 0 Å². The topological polar surface area (TPSA) is 84.9 Å². The van der Waals surface area contributed by atoms with Crippen molar-refractivity contribution in [2.75, 3.05) is 33.1 Å². The lowest BCUT2D eigenvalue weighted by Gasteiger charge is -2.19. The lowest BCUT2D eigenvalue weighted by molar-refractivity contribution is -0.116. The minimum absolute atomic E-state index is 0.0603. The van der Waals surface area contributed by atoms with Gasteiger partial charge in [0.15, 0.2) is 0 Å². The number of likely N-dealkylation sites (N-methyl/N-ethyl adjacent to an activating group) is 1. The number of hydrogen-bond donors (Lipinski definition) is 1. The van der Waals surface area contributed by atoms with Crippen LogP contribution in [-0.4, -0.2) is 46.4 Å². The van der Waals surface area contributed by atoms with E-state index in [1.807, 2.05) is 24.3 Å². The Bertz CT molecular complexity index is 927. The van der Waals surface area contributed by atoms with Crippen molar-refractivity contribution in [3.63, 3.8) is 0 Å². The van der Waals surface area contributed by atoms with Crippen molar-refractivity contribution < 1.29 is 22.7 Å². The molecule has 0 aliphatic carbocycles. The van der Waals surface area contributed by atoms with Crippen LogP contribution >= 0.6 is 0 Å². The molecule has 158 valence electrons. The molecule has 2 aromatic rings. The standard InChI is InChI=1S/C21H28N2O5S/c1-5-6-7-16-8-10-17(11-9-16)22-21(24)15-23(2)29(25,26)20-14-18(27-3)12-13-19(20)28-4/h8-14H,5-7,15H2,1-4H3,(H,22,24). The maximum absolute atomic E-state index is 12.9. The number of hydrogen-bond acceptors (Lipinski definition) is 5. The fourth-order valence-electron chi connectivity index (χ4n) is 2.78. The molecule has 2 aromatic carbocycles. The largest absolute Gasteiger partial charge is 0.497 e. The SMILES string of the molecule is CCCCc1ccc(NC(=O)CN(C)S(=O)(=O)c2cc(OC)ccc2OC)cc1. The Morgan fingerprint density at radius 2 is 1.76 bits per heavy atom. The summed E-state index contributed by atoms with van der Waals surface area (Å²) in [6.45, 7) is 1.81. The zero-order chi connectivity index (χ0) is 21.4. The van der Waals surface area contributed by atoms with Crippen LogP contribution in [0.3, 0.4) is 0 Å². The fraction of sp³-hybridized carbons (Fsp3) is 0.381. The number of aryl methyl sites for hydroxylation is 1. The molecule has 0 unspecified atom stereocenters. The first-order valence-corrected chi connectivity index (χ1v) is 10.8. The van der Waals surface area contributed by atoms with Crippen molar-refractivity contribution in [3.8, 4) is 11.5 Å². The number of nitrogens with zero attached hydrogens (tertiary/aromatic N) is 1. The van der Waals surface area contributed by atoms with E-state index in [-0.39, 0.29) is 17.2 Å². The van der Waals surface area contributed by atoms with E-state index in [0.29, 0.717) is 11.4 Å². The average Bonchev–Trinajstić information content (AvgIpc) is 2.72. The van der Waals surface area contributed by atoms with E-state index in [1.165, 1.54) is 39.0 Å². The summed E-state index contributed by atoms with van der Waals surface area (Å²) in [7, 11) is 0.232. The second-order valence-electron chi connectivity index (χ2n) is 6.63. The summed E-state index contributed by atoms with van der Waals surface area (Å²) < 4.78 is 37.1. The molecule has 0 aliphatic rings. The van der Waals surface area contributed by atoms with E-state index < -0.39 is 15.9 Å². The van der Waals surface area contributed by atoms with E-state index >= 15 is 0 Å². The van der Waals surface area contributed by atoms with Crippen LogP contribution < -0.4 is 14.8 Å². The van der Waals surface area contributed by atoms with Gasteiger partial charge in [-0.3, -0.25) is 4.79 Å². The molecule has 1 N–H and O–H groups in total. The van der Waals surface area contributed by atoms with Gasteiger partial charge in [0, 0.05) is 18.8 Å². The van der Waals surface area contributed by atoms with Crippen molar-refractivity contribution in [1.82, 2.24) is 4.31 Å². The second kappa shape index (κ2) is 10.3. The molecular formula is C21H28N2O5S. The van der Waals surface area contributed by atoms with Crippen LogP contribution in [0.25, 0.3) is 0 Å². The first-order chi connectivity index (χ1) is 13.8. The highest BCUT2D eigenvalue weighted by molar-refractivity contribution is 7.89. The molecule has 1 amide bonds. The molecule has 8 heteroatoms. The van der Waals surface area contributed by atoms with E-state index in [9.17, 15) is 13.2 Å². The van der Waals surface area contributed by atoms with Gasteiger partial charge in [-0.2, -0.15) is 4.31 Å². The number of sulfonamides is 1. The molecule has 0 fully saturated rings. The van der Waals surface area contributed by atoms with Gasteiger partial charge in [-0.25, -0.2) is 8.42 Å². The van der Waals surface area contributed by atoms with E-state index in [1.54, 1.807) is 6.07 Å². The summed E-state index contributed by atoms with van der Waals surface area (Å²) in [6, 6.07) is 12.1. The van der Waals surface area contributed by atoms with Gasteiger partial charge in [-0.15, -0.1) is 0 Å². The lowest BCUT2D eigenvalue weighted by atomic mass is 10.1. The van der Waals surface area contributed by atoms with Gasteiger partial charge < -0.3 is 14.8 Å². The Balaban J connectivity index is 2.08. The molecule has 0 saturated heterocycles. The van der Waals surface area contributed by atoms with Crippen LogP contribution in [0.2, 0.25) is 0 Å². The highest BCUT2D eigenvalue weighted by Crippen LogP contribution is 2.30. The van der Waals surface area contributed by atoms with Crippen LogP contribution in [0.1, 0.15) is 25.3 Å². The lowest BCUT2D eigenvalue weighted by Crippen LogP contribution is -2.35. The minimum atomic E-state index is -3.95. The van der Waals surface area contributed by atoms with Gasteiger partial charge in [-0.1, -0.05) is 25.5 Å². The number of nitrogens with one attached hydrogen (secondary N) is 1. The summed E-state index contributed by atoms with van der Waals surface area (Å²) in [5, 5.41) is 2.73. The van der Waals surface area contributed by atoms with Crippen molar-refractivity contribution in [2.45, 2.75) is 31.1 Å². The molecule has 0 heterocycles. The van der Waals surface area contributed by atoms with E-state index in [2.05, 4.69) is 12.2 Å². The third-order valence-electron chi connectivity index (χ3n) is 4.48. The Kier molecular flexibility index (Phi) is 8.04. The maximum Gasteiger partial charge on any atom is 0.247 e. The predicted molar refractivity (Wildman–Crippen MR) is 113 cm³/mol. The fourth-order valence-corrected chi connectivity index (χ4v) is 4.07. The number of rotatable bonds is 10. The summed E-state index contributed by atoms with van der Waals surface area (Å²) in [5.41, 5.74) is 1.83. The molecule has 2 rings (SSSR count). The Labute approximate surface area is 172 Å². The summed E-state index contributed by atoms with van der Waals surface area (Å²) in [6.07, 6.45) is 3.23. The molecule has 0 saturated carbocycles. The van der Waals surface area contributed by atoms with Crippen molar-refractivity contribution >= 4 is 21.6 Å². The van der Waals surface area contributed by atoms with Crippen molar-refractivity contribution in [3.05, 3.63) is 48.0 Å². The molecule has 0 bridgehead atoms. The number of anilines is 1. The third-order valence-corrected chi connectivity index (χ3v) is 6.31. The van der Waals surface area contributed by atoms with Gasteiger partial charge in [0.2, 0.25) is 15.9 Å². The Morgan fingerprint density at radius 3 is 2.34 bits per heavy atom. The summed E-state index contributed by atoms with van der Waals surface area (Å²) in [5.74, 6) is 0.130. The van der Waals surface area contributed by atoms with Gasteiger partial charge in [0.05, 0.1) is 20.8 Å². The Hall–Kier alpha value is -2.58. The predicted octanol–water partition coefficient (Wildman–Crippen LogP) is 3.31. The highest BCUT2D eigenvalue weighted by atomic mass is 32.2. The number of ether oxygens (including phenoxy) is 2. The molecule has 0 aromatic heterocycles. The second-order valence-corrected chi connectivity index (χ2v) is 8.64. The smallest absolute Gasteiger partial charge is 0.247 e. The quantitative estimate of drug-likeness (QED) is 0.637. The first kappa shape index (κ1) is 22.7. The number of methoxy groups -OCH3 is 2. The number of unbranched alkanes of at least 4 members (excludes halogenated alkanes) is 1. The summed E-state index contributed by atoms with van der Waals surface area (Å²) in [4.78, 5) is 12.3. The van der Waals surface area contributed by atoms with Crippen LogP contribution in [0.15, 0.2) is 47.4 Å². The molecule has 0 atom stereocenters. The van der Waals surface area contributed by atoms with Gasteiger partial charge in [0.25, 0.3) is 0 Å². The molecule has 29 heavy (non-hydrogen) atoms. The molecular weight excluding hydrogens is 392 g/mol. The molecule has 0 spiro atoms. The van der Waals surface area contributed by atoms with E-state index in [4.69, 9.17) is 9.47 Å². The monoisotopic (exact) mass is 420 g/mol. The maximum atomic E-state index is 12.9. The number of benzene rings is 2.